The van der Waals surface area contributed by atoms with E-state index in [4.69, 9.17) is 14.2 Å². The third-order valence-corrected chi connectivity index (χ3v) is 7.92. The topological polar surface area (TPSA) is 79.1 Å². The summed E-state index contributed by atoms with van der Waals surface area (Å²) in [6.07, 6.45) is 3.15. The van der Waals surface area contributed by atoms with E-state index in [-0.39, 0.29) is 11.7 Å². The standard InChI is InChI=1S/C29H28Br2N2O5S/c1-6-12-37-26-21(30)13-18(14-22(26)31)15-23-27(34)33-25(19-8-10-20(11-9-19)36-7-2)24(28(35)38-16(3)4)17(5)32-29(33)39-23/h6,8-11,13-16,25H,1,7,12H2,2-5H3/b23-15+/t25-/m1/s1. The number of allylic oxidation sites excluding steroid dienone is 1. The van der Waals surface area contributed by atoms with E-state index in [1.807, 2.05) is 43.3 Å². The lowest BCUT2D eigenvalue weighted by Crippen LogP contribution is -2.40. The third kappa shape index (κ3) is 6.28. The van der Waals surface area contributed by atoms with Crippen molar-refractivity contribution < 1.29 is 19.0 Å². The molecule has 0 fully saturated rings. The molecular weight excluding hydrogens is 648 g/mol. The van der Waals surface area contributed by atoms with Crippen molar-refractivity contribution in [3.63, 3.8) is 0 Å². The van der Waals surface area contributed by atoms with Crippen LogP contribution in [0.3, 0.4) is 0 Å². The number of nitrogens with zero attached hydrogens (tertiary/aromatic N) is 2. The summed E-state index contributed by atoms with van der Waals surface area (Å²) in [4.78, 5) is 32.3. The number of fused-ring (bicyclic) bond motifs is 1. The van der Waals surface area contributed by atoms with Crippen LogP contribution < -0.4 is 24.4 Å². The van der Waals surface area contributed by atoms with Crippen molar-refractivity contribution in [3.05, 3.63) is 100 Å². The third-order valence-electron chi connectivity index (χ3n) is 5.76. The van der Waals surface area contributed by atoms with Gasteiger partial charge in [-0.2, -0.15) is 0 Å². The average molecular weight is 676 g/mol. The Hall–Kier alpha value is -2.95. The highest BCUT2D eigenvalue weighted by Gasteiger charge is 2.33. The zero-order chi connectivity index (χ0) is 28.3. The molecule has 0 spiro atoms. The molecule has 0 aliphatic carbocycles. The zero-order valence-corrected chi connectivity index (χ0v) is 26.0. The Morgan fingerprint density at radius 3 is 2.44 bits per heavy atom. The molecule has 4 rings (SSSR count). The molecule has 39 heavy (non-hydrogen) atoms. The van der Waals surface area contributed by atoms with Crippen molar-refractivity contribution in [2.24, 2.45) is 4.99 Å². The van der Waals surface area contributed by atoms with E-state index < -0.39 is 12.0 Å². The minimum atomic E-state index is -0.696. The van der Waals surface area contributed by atoms with Gasteiger partial charge in [0.15, 0.2) is 4.80 Å². The van der Waals surface area contributed by atoms with Gasteiger partial charge in [0.1, 0.15) is 18.1 Å². The lowest BCUT2D eigenvalue weighted by atomic mass is 9.96. The van der Waals surface area contributed by atoms with Gasteiger partial charge in [0.25, 0.3) is 5.56 Å². The van der Waals surface area contributed by atoms with E-state index in [2.05, 4.69) is 43.4 Å². The molecule has 2 aromatic carbocycles. The molecule has 0 saturated heterocycles. The number of halogens is 2. The van der Waals surface area contributed by atoms with Gasteiger partial charge < -0.3 is 14.2 Å². The fourth-order valence-electron chi connectivity index (χ4n) is 4.18. The molecule has 10 heteroatoms. The molecule has 7 nitrogen and oxygen atoms in total. The number of carbonyl (C=O) groups excluding carboxylic acids is 1. The smallest absolute Gasteiger partial charge is 0.338 e. The van der Waals surface area contributed by atoms with Crippen molar-refractivity contribution in [2.45, 2.75) is 39.8 Å². The molecule has 0 N–H and O–H groups in total. The van der Waals surface area contributed by atoms with E-state index in [0.29, 0.717) is 45.3 Å². The van der Waals surface area contributed by atoms with Crippen LogP contribution >= 0.6 is 43.2 Å². The number of aromatic nitrogens is 1. The number of hydrogen-bond donors (Lipinski definition) is 0. The number of ether oxygens (including phenoxy) is 3. The van der Waals surface area contributed by atoms with E-state index in [1.165, 1.54) is 11.3 Å². The monoisotopic (exact) mass is 674 g/mol. The van der Waals surface area contributed by atoms with Gasteiger partial charge in [0.2, 0.25) is 0 Å². The molecular formula is C29H28Br2N2O5S. The van der Waals surface area contributed by atoms with Gasteiger partial charge in [-0.25, -0.2) is 9.79 Å². The van der Waals surface area contributed by atoms with Crippen molar-refractivity contribution in [3.8, 4) is 11.5 Å². The minimum Gasteiger partial charge on any atom is -0.494 e. The van der Waals surface area contributed by atoms with Crippen LogP contribution in [-0.2, 0) is 9.53 Å². The first-order valence-corrected chi connectivity index (χ1v) is 14.7. The molecule has 3 aromatic rings. The first-order valence-electron chi connectivity index (χ1n) is 12.3. The van der Waals surface area contributed by atoms with Crippen LogP contribution in [0.1, 0.15) is 44.9 Å². The van der Waals surface area contributed by atoms with Crippen LogP contribution in [0.2, 0.25) is 0 Å². The summed E-state index contributed by atoms with van der Waals surface area (Å²) in [7, 11) is 0. The summed E-state index contributed by atoms with van der Waals surface area (Å²) < 4.78 is 20.4. The lowest BCUT2D eigenvalue weighted by molar-refractivity contribution is -0.143. The first-order chi connectivity index (χ1) is 18.6. The van der Waals surface area contributed by atoms with E-state index >= 15 is 0 Å². The Labute approximate surface area is 247 Å². The van der Waals surface area contributed by atoms with Crippen molar-refractivity contribution in [2.75, 3.05) is 13.2 Å². The van der Waals surface area contributed by atoms with Gasteiger partial charge in [0.05, 0.1) is 43.5 Å². The molecule has 204 valence electrons. The second-order valence-electron chi connectivity index (χ2n) is 8.95. The first kappa shape index (κ1) is 29.0. The van der Waals surface area contributed by atoms with Crippen molar-refractivity contribution in [1.29, 1.82) is 0 Å². The number of rotatable bonds is 9. The summed E-state index contributed by atoms with van der Waals surface area (Å²) in [5.74, 6) is 0.854. The Kier molecular flexibility index (Phi) is 9.30. The summed E-state index contributed by atoms with van der Waals surface area (Å²) in [5.41, 5.74) is 2.14. The largest absolute Gasteiger partial charge is 0.494 e. The molecule has 1 atom stereocenters. The molecule has 2 heterocycles. The van der Waals surface area contributed by atoms with Gasteiger partial charge in [-0.15, -0.1) is 0 Å². The van der Waals surface area contributed by atoms with Crippen LogP contribution in [0.4, 0.5) is 0 Å². The maximum Gasteiger partial charge on any atom is 0.338 e. The minimum absolute atomic E-state index is 0.251. The predicted molar refractivity (Wildman–Crippen MR) is 160 cm³/mol. The normalized spacial score (nSPS) is 15.2. The summed E-state index contributed by atoms with van der Waals surface area (Å²) in [5, 5.41) is 0. The summed E-state index contributed by atoms with van der Waals surface area (Å²) >= 11 is 8.37. The van der Waals surface area contributed by atoms with Crippen LogP contribution in [0.15, 0.2) is 79.1 Å². The second kappa shape index (κ2) is 12.5. The SMILES string of the molecule is C=CCOc1c(Br)cc(/C=c2/sc3n(c2=O)[C@H](c2ccc(OCC)cc2)C(C(=O)OC(C)C)=C(C)N=3)cc1Br. The predicted octanol–water partition coefficient (Wildman–Crippen LogP) is 5.68. The molecule has 0 saturated carbocycles. The fraction of sp³-hybridized carbons (Fsp3) is 0.276. The quantitative estimate of drug-likeness (QED) is 0.216. The molecule has 1 aliphatic rings. The molecule has 1 aliphatic heterocycles. The van der Waals surface area contributed by atoms with Gasteiger partial charge >= 0.3 is 5.97 Å². The number of esters is 1. The number of carbonyl (C=O) groups is 1. The van der Waals surface area contributed by atoms with Gasteiger partial charge in [0, 0.05) is 0 Å². The van der Waals surface area contributed by atoms with Gasteiger partial charge in [-0.3, -0.25) is 9.36 Å². The van der Waals surface area contributed by atoms with Crippen LogP contribution in [0.25, 0.3) is 6.08 Å². The number of thiazole rings is 1. The molecule has 0 radical (unpaired) electrons. The maximum absolute atomic E-state index is 13.9. The zero-order valence-electron chi connectivity index (χ0n) is 22.0. The lowest BCUT2D eigenvalue weighted by Gasteiger charge is -2.25. The molecule has 1 aromatic heterocycles. The highest BCUT2D eigenvalue weighted by atomic mass is 79.9. The van der Waals surface area contributed by atoms with Gasteiger partial charge in [-0.1, -0.05) is 36.1 Å². The average Bonchev–Trinajstić information content (AvgIpc) is 3.17. The summed E-state index contributed by atoms with van der Waals surface area (Å²) in [6, 6.07) is 10.5. The Morgan fingerprint density at radius 1 is 1.18 bits per heavy atom. The Balaban J connectivity index is 1.87. The van der Waals surface area contributed by atoms with Crippen LogP contribution in [0, 0.1) is 0 Å². The highest BCUT2D eigenvalue weighted by molar-refractivity contribution is 9.11. The Morgan fingerprint density at radius 2 is 1.85 bits per heavy atom. The second-order valence-corrected chi connectivity index (χ2v) is 11.7. The number of hydrogen-bond acceptors (Lipinski definition) is 7. The van der Waals surface area contributed by atoms with E-state index in [9.17, 15) is 9.59 Å². The van der Waals surface area contributed by atoms with E-state index in [1.54, 1.807) is 37.5 Å². The van der Waals surface area contributed by atoms with Crippen molar-refractivity contribution >= 4 is 55.2 Å². The number of benzene rings is 2. The van der Waals surface area contributed by atoms with Crippen molar-refractivity contribution in [1.82, 2.24) is 4.57 Å². The van der Waals surface area contributed by atoms with Gasteiger partial charge in [-0.05, 0) is 101 Å². The molecule has 0 bridgehead atoms. The molecule has 0 amide bonds. The molecule has 0 unspecified atom stereocenters. The summed E-state index contributed by atoms with van der Waals surface area (Å²) in [6.45, 7) is 11.8. The Bertz CT molecular complexity index is 1600. The fourth-order valence-corrected chi connectivity index (χ4v) is 6.68. The highest BCUT2D eigenvalue weighted by Crippen LogP contribution is 2.35. The van der Waals surface area contributed by atoms with E-state index in [0.717, 1.165) is 20.1 Å². The maximum atomic E-state index is 13.9. The van der Waals surface area contributed by atoms with Crippen LogP contribution in [0.5, 0.6) is 11.5 Å². The van der Waals surface area contributed by atoms with Crippen LogP contribution in [-0.4, -0.2) is 29.9 Å².